The highest BCUT2D eigenvalue weighted by atomic mass is 16.5. The fraction of sp³-hybridized carbons (Fsp3) is 0.389. The van der Waals surface area contributed by atoms with Gasteiger partial charge in [-0.1, -0.05) is 19.1 Å². The molecule has 1 atom stereocenters. The lowest BCUT2D eigenvalue weighted by molar-refractivity contribution is 0.412. The molecule has 0 saturated heterocycles. The maximum Gasteiger partial charge on any atom is 0.119 e. The van der Waals surface area contributed by atoms with E-state index in [0.29, 0.717) is 6.04 Å². The normalized spacial score (nSPS) is 12.1. The minimum atomic E-state index is 0.355. The molecule has 1 heterocycles. The van der Waals surface area contributed by atoms with Gasteiger partial charge in [-0.3, -0.25) is 4.98 Å². The highest BCUT2D eigenvalue weighted by Gasteiger charge is 2.11. The van der Waals surface area contributed by atoms with Crippen LogP contribution >= 0.6 is 0 Å². The van der Waals surface area contributed by atoms with Gasteiger partial charge in [0.2, 0.25) is 0 Å². The molecule has 0 fully saturated rings. The van der Waals surface area contributed by atoms with Gasteiger partial charge >= 0.3 is 0 Å². The van der Waals surface area contributed by atoms with Crippen molar-refractivity contribution in [3.8, 4) is 5.75 Å². The molecule has 2 rings (SSSR count). The highest BCUT2D eigenvalue weighted by Crippen LogP contribution is 2.23. The predicted octanol–water partition coefficient (Wildman–Crippen LogP) is 3.76. The van der Waals surface area contributed by atoms with Gasteiger partial charge in [-0.15, -0.1) is 0 Å². The van der Waals surface area contributed by atoms with Crippen molar-refractivity contribution in [2.75, 3.05) is 13.7 Å². The van der Waals surface area contributed by atoms with Crippen molar-refractivity contribution in [2.24, 2.45) is 0 Å². The van der Waals surface area contributed by atoms with Crippen LogP contribution < -0.4 is 10.1 Å². The summed E-state index contributed by atoms with van der Waals surface area (Å²) in [5, 5.41) is 3.64. The van der Waals surface area contributed by atoms with Crippen LogP contribution in [0.4, 0.5) is 0 Å². The molecule has 112 valence electrons. The van der Waals surface area contributed by atoms with Crippen molar-refractivity contribution in [1.29, 1.82) is 0 Å². The number of methoxy groups -OCH3 is 1. The fourth-order valence-corrected chi connectivity index (χ4v) is 2.42. The van der Waals surface area contributed by atoms with Gasteiger partial charge in [-0.05, 0) is 61.2 Å². The largest absolute Gasteiger partial charge is 0.497 e. The van der Waals surface area contributed by atoms with Crippen LogP contribution in [0.25, 0.3) is 0 Å². The average molecular weight is 284 g/mol. The van der Waals surface area contributed by atoms with E-state index in [4.69, 9.17) is 4.74 Å². The summed E-state index contributed by atoms with van der Waals surface area (Å²) in [6.45, 7) is 3.22. The molecule has 0 bridgehead atoms. The van der Waals surface area contributed by atoms with Gasteiger partial charge in [0.1, 0.15) is 5.75 Å². The summed E-state index contributed by atoms with van der Waals surface area (Å²) in [4.78, 5) is 4.07. The van der Waals surface area contributed by atoms with Crippen LogP contribution in [0.3, 0.4) is 0 Å². The van der Waals surface area contributed by atoms with E-state index in [-0.39, 0.29) is 0 Å². The third kappa shape index (κ3) is 4.87. The van der Waals surface area contributed by atoms with Crippen LogP contribution in [0.2, 0.25) is 0 Å². The molecule has 1 aromatic heterocycles. The Morgan fingerprint density at radius 1 is 1.19 bits per heavy atom. The second-order valence-corrected chi connectivity index (χ2v) is 5.18. The van der Waals surface area contributed by atoms with Gasteiger partial charge in [0.25, 0.3) is 0 Å². The van der Waals surface area contributed by atoms with Crippen LogP contribution in [0, 0.1) is 0 Å². The Hall–Kier alpha value is -1.87. The van der Waals surface area contributed by atoms with Crippen LogP contribution in [0.1, 0.15) is 36.9 Å². The zero-order valence-corrected chi connectivity index (χ0v) is 12.9. The molecule has 0 spiro atoms. The molecule has 0 amide bonds. The lowest BCUT2D eigenvalue weighted by atomic mass is 9.99. The van der Waals surface area contributed by atoms with Gasteiger partial charge < -0.3 is 10.1 Å². The molecule has 0 radical (unpaired) electrons. The zero-order chi connectivity index (χ0) is 14.9. The van der Waals surface area contributed by atoms with E-state index in [1.165, 1.54) is 11.1 Å². The summed E-state index contributed by atoms with van der Waals surface area (Å²) in [5.41, 5.74) is 2.62. The summed E-state index contributed by atoms with van der Waals surface area (Å²) < 4.78 is 5.34. The standard InChI is InChI=1S/C18H24N2O/c1-3-11-20-18(8-7-15-9-12-19-13-10-15)16-5-4-6-17(14-16)21-2/h4-6,9-10,12-14,18,20H,3,7-8,11H2,1-2H3. The minimum absolute atomic E-state index is 0.355. The number of aryl methyl sites for hydroxylation is 1. The van der Waals surface area contributed by atoms with E-state index in [1.807, 2.05) is 18.5 Å². The van der Waals surface area contributed by atoms with Crippen LogP contribution in [-0.4, -0.2) is 18.6 Å². The summed E-state index contributed by atoms with van der Waals surface area (Å²) >= 11 is 0. The Morgan fingerprint density at radius 2 is 2.00 bits per heavy atom. The number of nitrogens with zero attached hydrogens (tertiary/aromatic N) is 1. The SMILES string of the molecule is CCCNC(CCc1ccncc1)c1cccc(OC)c1. The van der Waals surface area contributed by atoms with Gasteiger partial charge in [0, 0.05) is 18.4 Å². The quantitative estimate of drug-likeness (QED) is 0.801. The molecule has 2 aromatic rings. The number of aromatic nitrogens is 1. The molecule has 1 unspecified atom stereocenters. The predicted molar refractivity (Wildman–Crippen MR) is 86.6 cm³/mol. The maximum absolute atomic E-state index is 5.34. The number of hydrogen-bond donors (Lipinski definition) is 1. The molecule has 3 heteroatoms. The van der Waals surface area contributed by atoms with E-state index in [9.17, 15) is 0 Å². The molecular formula is C18H24N2O. The first kappa shape index (κ1) is 15.5. The minimum Gasteiger partial charge on any atom is -0.497 e. The monoisotopic (exact) mass is 284 g/mol. The molecular weight excluding hydrogens is 260 g/mol. The number of rotatable bonds is 8. The molecule has 0 aliphatic heterocycles. The second kappa shape index (κ2) is 8.42. The summed E-state index contributed by atoms with van der Waals surface area (Å²) in [6, 6.07) is 12.9. The Morgan fingerprint density at radius 3 is 2.71 bits per heavy atom. The topological polar surface area (TPSA) is 34.2 Å². The van der Waals surface area contributed by atoms with Gasteiger partial charge in [-0.25, -0.2) is 0 Å². The first-order chi connectivity index (χ1) is 10.3. The number of benzene rings is 1. The van der Waals surface area contributed by atoms with Crippen molar-refractivity contribution in [2.45, 2.75) is 32.2 Å². The molecule has 1 aromatic carbocycles. The third-order valence-corrected chi connectivity index (χ3v) is 3.61. The number of ether oxygens (including phenoxy) is 1. The zero-order valence-electron chi connectivity index (χ0n) is 12.9. The molecule has 0 aliphatic rings. The number of pyridine rings is 1. The Kier molecular flexibility index (Phi) is 6.22. The highest BCUT2D eigenvalue weighted by molar-refractivity contribution is 5.30. The van der Waals surface area contributed by atoms with E-state index >= 15 is 0 Å². The van der Waals surface area contributed by atoms with Crippen LogP contribution in [0.15, 0.2) is 48.8 Å². The molecule has 21 heavy (non-hydrogen) atoms. The lowest BCUT2D eigenvalue weighted by Gasteiger charge is -2.19. The first-order valence-corrected chi connectivity index (χ1v) is 7.59. The van der Waals surface area contributed by atoms with Crippen LogP contribution in [0.5, 0.6) is 5.75 Å². The molecule has 0 saturated carbocycles. The smallest absolute Gasteiger partial charge is 0.119 e. The summed E-state index contributed by atoms with van der Waals surface area (Å²) in [6.07, 6.45) is 6.96. The molecule has 1 N–H and O–H groups in total. The average Bonchev–Trinajstić information content (AvgIpc) is 2.56. The second-order valence-electron chi connectivity index (χ2n) is 5.18. The van der Waals surface area contributed by atoms with Crippen molar-refractivity contribution < 1.29 is 4.74 Å². The van der Waals surface area contributed by atoms with E-state index in [2.05, 4.69) is 47.6 Å². The first-order valence-electron chi connectivity index (χ1n) is 7.59. The summed E-state index contributed by atoms with van der Waals surface area (Å²) in [5.74, 6) is 0.916. The Labute approximate surface area is 127 Å². The Balaban J connectivity index is 2.06. The van der Waals surface area contributed by atoms with Gasteiger partial charge in [0.15, 0.2) is 0 Å². The number of hydrogen-bond acceptors (Lipinski definition) is 3. The fourth-order valence-electron chi connectivity index (χ4n) is 2.42. The van der Waals surface area contributed by atoms with E-state index in [1.54, 1.807) is 7.11 Å². The van der Waals surface area contributed by atoms with Gasteiger partial charge in [0.05, 0.1) is 7.11 Å². The van der Waals surface area contributed by atoms with Gasteiger partial charge in [-0.2, -0.15) is 0 Å². The Bertz CT molecular complexity index is 528. The third-order valence-electron chi connectivity index (χ3n) is 3.61. The molecule has 0 aliphatic carbocycles. The number of nitrogens with one attached hydrogen (secondary N) is 1. The van der Waals surface area contributed by atoms with Crippen LogP contribution in [-0.2, 0) is 6.42 Å². The van der Waals surface area contributed by atoms with Crippen molar-refractivity contribution in [3.05, 3.63) is 59.9 Å². The summed E-state index contributed by atoms with van der Waals surface area (Å²) in [7, 11) is 1.71. The maximum atomic E-state index is 5.34. The van der Waals surface area contributed by atoms with Crippen molar-refractivity contribution in [1.82, 2.24) is 10.3 Å². The van der Waals surface area contributed by atoms with Crippen molar-refractivity contribution >= 4 is 0 Å². The van der Waals surface area contributed by atoms with E-state index < -0.39 is 0 Å². The van der Waals surface area contributed by atoms with E-state index in [0.717, 1.165) is 31.6 Å². The lowest BCUT2D eigenvalue weighted by Crippen LogP contribution is -2.22. The molecule has 3 nitrogen and oxygen atoms in total. The van der Waals surface area contributed by atoms with Crippen molar-refractivity contribution in [3.63, 3.8) is 0 Å².